The van der Waals surface area contributed by atoms with Crippen LogP contribution in [0.15, 0.2) is 78.0 Å². The van der Waals surface area contributed by atoms with Gasteiger partial charge < -0.3 is 0 Å². The van der Waals surface area contributed by atoms with E-state index < -0.39 is 11.7 Å². The Morgan fingerprint density at radius 2 is 1.82 bits per heavy atom. The van der Waals surface area contributed by atoms with Gasteiger partial charge in [0.1, 0.15) is 5.52 Å². The first-order valence-corrected chi connectivity index (χ1v) is 10.3. The fourth-order valence-electron chi connectivity index (χ4n) is 3.84. The number of aryl methyl sites for hydroxylation is 1. The third-order valence-electron chi connectivity index (χ3n) is 5.50. The molecule has 0 aliphatic heterocycles. The predicted octanol–water partition coefficient (Wildman–Crippen LogP) is 5.58. The minimum atomic E-state index is -4.51. The van der Waals surface area contributed by atoms with Crippen LogP contribution < -0.4 is 5.56 Å². The van der Waals surface area contributed by atoms with Gasteiger partial charge in [-0.2, -0.15) is 13.2 Å². The van der Waals surface area contributed by atoms with Gasteiger partial charge in [-0.1, -0.05) is 19.1 Å². The molecule has 5 rings (SSSR count). The summed E-state index contributed by atoms with van der Waals surface area (Å²) in [5.74, 6) is 0. The van der Waals surface area contributed by atoms with Crippen molar-refractivity contribution in [1.29, 1.82) is 0 Å². The highest BCUT2D eigenvalue weighted by atomic mass is 19.4. The molecule has 0 bridgehead atoms. The Morgan fingerprint density at radius 1 is 0.970 bits per heavy atom. The van der Waals surface area contributed by atoms with E-state index in [1.807, 2.05) is 31.2 Å². The van der Waals surface area contributed by atoms with Gasteiger partial charge in [0, 0.05) is 41.3 Å². The van der Waals surface area contributed by atoms with Crippen LogP contribution in [0, 0.1) is 0 Å². The third-order valence-corrected chi connectivity index (χ3v) is 5.50. The number of alkyl halides is 3. The summed E-state index contributed by atoms with van der Waals surface area (Å²) >= 11 is 0. The molecule has 0 saturated carbocycles. The Hall–Kier alpha value is -4.07. The van der Waals surface area contributed by atoms with Gasteiger partial charge in [-0.15, -0.1) is 0 Å². The van der Waals surface area contributed by atoms with Crippen molar-refractivity contribution in [2.24, 2.45) is 0 Å². The molecular formula is C25H17F3N4O. The maximum Gasteiger partial charge on any atom is 0.417 e. The Bertz CT molecular complexity index is 1570. The van der Waals surface area contributed by atoms with Gasteiger partial charge in [-0.05, 0) is 48.4 Å². The lowest BCUT2D eigenvalue weighted by Gasteiger charge is -2.13. The van der Waals surface area contributed by atoms with Crippen LogP contribution in [0.1, 0.15) is 18.1 Å². The van der Waals surface area contributed by atoms with Crippen molar-refractivity contribution >= 4 is 21.9 Å². The number of nitrogens with zero attached hydrogens (tertiary/aromatic N) is 4. The first-order valence-electron chi connectivity index (χ1n) is 10.3. The zero-order valence-electron chi connectivity index (χ0n) is 17.5. The molecule has 0 fully saturated rings. The predicted molar refractivity (Wildman–Crippen MR) is 120 cm³/mol. The minimum Gasteiger partial charge on any atom is -0.275 e. The van der Waals surface area contributed by atoms with Gasteiger partial charge >= 0.3 is 6.18 Å². The molecule has 4 heterocycles. The molecule has 0 saturated heterocycles. The Labute approximate surface area is 186 Å². The van der Waals surface area contributed by atoms with Gasteiger partial charge in [-0.25, -0.2) is 4.98 Å². The van der Waals surface area contributed by atoms with Crippen LogP contribution in [-0.2, 0) is 12.6 Å². The van der Waals surface area contributed by atoms with Crippen molar-refractivity contribution < 1.29 is 13.2 Å². The molecule has 0 atom stereocenters. The number of hydrogen-bond donors (Lipinski definition) is 0. The summed E-state index contributed by atoms with van der Waals surface area (Å²) in [5.41, 5.74) is 2.68. The number of aromatic nitrogens is 4. The van der Waals surface area contributed by atoms with Crippen LogP contribution in [-0.4, -0.2) is 19.5 Å². The van der Waals surface area contributed by atoms with Gasteiger partial charge in [0.25, 0.3) is 5.56 Å². The van der Waals surface area contributed by atoms with Crippen molar-refractivity contribution in [1.82, 2.24) is 19.5 Å². The quantitative estimate of drug-likeness (QED) is 0.340. The zero-order chi connectivity index (χ0) is 23.2. The van der Waals surface area contributed by atoms with Gasteiger partial charge in [0.15, 0.2) is 0 Å². The average molecular weight is 446 g/mol. The smallest absolute Gasteiger partial charge is 0.275 e. The van der Waals surface area contributed by atoms with Crippen molar-refractivity contribution in [3.8, 4) is 16.9 Å². The van der Waals surface area contributed by atoms with Crippen molar-refractivity contribution in [2.45, 2.75) is 19.5 Å². The molecule has 8 heteroatoms. The highest BCUT2D eigenvalue weighted by molar-refractivity contribution is 6.02. The number of fused-ring (bicyclic) bond motifs is 3. The third kappa shape index (κ3) is 3.73. The van der Waals surface area contributed by atoms with Crippen LogP contribution >= 0.6 is 0 Å². The highest BCUT2D eigenvalue weighted by Gasteiger charge is 2.31. The normalized spacial score (nSPS) is 11.9. The van der Waals surface area contributed by atoms with E-state index in [0.717, 1.165) is 24.2 Å². The number of pyridine rings is 4. The summed E-state index contributed by atoms with van der Waals surface area (Å²) in [6.07, 6.45) is 0.0591. The molecule has 33 heavy (non-hydrogen) atoms. The molecule has 1 aromatic carbocycles. The van der Waals surface area contributed by atoms with Crippen LogP contribution in [0.3, 0.4) is 0 Å². The second kappa shape index (κ2) is 7.81. The van der Waals surface area contributed by atoms with E-state index in [4.69, 9.17) is 0 Å². The van der Waals surface area contributed by atoms with Crippen molar-refractivity contribution in [3.63, 3.8) is 0 Å². The van der Waals surface area contributed by atoms with E-state index in [9.17, 15) is 18.0 Å². The van der Waals surface area contributed by atoms with Crippen molar-refractivity contribution in [2.75, 3.05) is 0 Å². The first-order chi connectivity index (χ1) is 15.8. The summed E-state index contributed by atoms with van der Waals surface area (Å²) in [6, 6.07) is 15.1. The molecule has 0 N–H and O–H groups in total. The summed E-state index contributed by atoms with van der Waals surface area (Å²) in [5, 5.41) is 0.691. The van der Waals surface area contributed by atoms with Crippen molar-refractivity contribution in [3.05, 3.63) is 94.7 Å². The second-order valence-corrected chi connectivity index (χ2v) is 7.62. The second-order valence-electron chi connectivity index (χ2n) is 7.62. The van der Waals surface area contributed by atoms with E-state index in [0.29, 0.717) is 33.3 Å². The average Bonchev–Trinajstić information content (AvgIpc) is 2.83. The molecule has 5 nitrogen and oxygen atoms in total. The fraction of sp³-hybridized carbons (Fsp3) is 0.120. The molecule has 0 spiro atoms. The summed E-state index contributed by atoms with van der Waals surface area (Å²) in [7, 11) is 0. The zero-order valence-corrected chi connectivity index (χ0v) is 17.5. The molecule has 0 aliphatic carbocycles. The topological polar surface area (TPSA) is 60.7 Å². The standard InChI is InChI=1S/C25H17F3N4O/c1-2-15-4-3-5-19(10-15)32-22(33)9-6-16-13-30-21-8-7-20(31-23(21)24(16)32)17-11-18(14-29-12-17)25(26,27)28/h3-14H,2H2,1H3. The molecule has 0 unspecified atom stereocenters. The fourth-order valence-corrected chi connectivity index (χ4v) is 3.84. The first kappa shape index (κ1) is 20.8. The number of hydrogen-bond acceptors (Lipinski definition) is 4. The minimum absolute atomic E-state index is 0.224. The Kier molecular flexibility index (Phi) is 4.92. The van der Waals surface area contributed by atoms with Gasteiger partial charge in [0.2, 0.25) is 0 Å². The largest absolute Gasteiger partial charge is 0.417 e. The van der Waals surface area contributed by atoms with E-state index in [-0.39, 0.29) is 11.1 Å². The van der Waals surface area contributed by atoms with Crippen LogP contribution in [0.2, 0.25) is 0 Å². The van der Waals surface area contributed by atoms with Crippen LogP contribution in [0.4, 0.5) is 13.2 Å². The number of rotatable bonds is 3. The number of halogens is 3. The lowest BCUT2D eigenvalue weighted by atomic mass is 10.1. The maximum atomic E-state index is 13.2. The Balaban J connectivity index is 1.81. The summed E-state index contributed by atoms with van der Waals surface area (Å²) in [4.78, 5) is 25.8. The van der Waals surface area contributed by atoms with E-state index in [2.05, 4.69) is 15.0 Å². The SMILES string of the molecule is CCc1cccc(-n2c(=O)ccc3cnc4ccc(-c5cncc(C(F)(F)F)c5)nc4c32)c1. The Morgan fingerprint density at radius 3 is 2.61 bits per heavy atom. The molecular weight excluding hydrogens is 429 g/mol. The van der Waals surface area contributed by atoms with E-state index in [1.54, 1.807) is 29.0 Å². The molecule has 4 aromatic heterocycles. The van der Waals surface area contributed by atoms with Gasteiger partial charge in [-0.3, -0.25) is 19.3 Å². The molecule has 0 radical (unpaired) electrons. The van der Waals surface area contributed by atoms with Crippen LogP contribution in [0.25, 0.3) is 38.9 Å². The molecule has 0 aliphatic rings. The summed E-state index contributed by atoms with van der Waals surface area (Å²) in [6.45, 7) is 2.03. The summed E-state index contributed by atoms with van der Waals surface area (Å²) < 4.78 is 41.1. The highest BCUT2D eigenvalue weighted by Crippen LogP contribution is 2.32. The number of benzene rings is 1. The van der Waals surface area contributed by atoms with E-state index >= 15 is 0 Å². The van der Waals surface area contributed by atoms with E-state index in [1.165, 1.54) is 12.3 Å². The lowest BCUT2D eigenvalue weighted by molar-refractivity contribution is -0.137. The molecule has 5 aromatic rings. The molecule has 0 amide bonds. The monoisotopic (exact) mass is 446 g/mol. The van der Waals surface area contributed by atoms with Crippen LogP contribution in [0.5, 0.6) is 0 Å². The maximum absolute atomic E-state index is 13.2. The van der Waals surface area contributed by atoms with Gasteiger partial charge in [0.05, 0.1) is 22.3 Å². The lowest BCUT2D eigenvalue weighted by Crippen LogP contribution is -2.18. The molecule has 164 valence electrons.